The molecular weight excluding hydrogens is 233 g/mol. The first kappa shape index (κ1) is 12.4. The summed E-state index contributed by atoms with van der Waals surface area (Å²) in [5.74, 6) is -0.741. The van der Waals surface area contributed by atoms with E-state index in [1.807, 2.05) is 0 Å². The monoisotopic (exact) mass is 245 g/mol. The maximum atomic E-state index is 12.7. The van der Waals surface area contributed by atoms with Crippen molar-refractivity contribution in [2.75, 3.05) is 17.1 Å². The maximum absolute atomic E-state index is 12.7. The van der Waals surface area contributed by atoms with Gasteiger partial charge in [-0.1, -0.05) is 0 Å². The molecule has 0 fully saturated rings. The molecule has 7 heteroatoms. The Balaban J connectivity index is 3.11. The minimum atomic E-state index is -3.54. The average Bonchev–Trinajstić information content (AvgIpc) is 2.14. The molecule has 0 atom stereocenters. The van der Waals surface area contributed by atoms with Crippen molar-refractivity contribution in [3.63, 3.8) is 0 Å². The summed E-state index contributed by atoms with van der Waals surface area (Å²) in [7, 11) is -3.54. The molecule has 0 aliphatic rings. The number of nitrogens with two attached hydrogens (primary N) is 1. The molecule has 16 heavy (non-hydrogen) atoms. The van der Waals surface area contributed by atoms with Gasteiger partial charge in [0.2, 0.25) is 10.0 Å². The highest BCUT2D eigenvalue weighted by molar-refractivity contribution is 7.92. The van der Waals surface area contributed by atoms with Gasteiger partial charge in [-0.15, -0.1) is 0 Å². The zero-order valence-corrected chi connectivity index (χ0v) is 9.46. The lowest BCUT2D eigenvalue weighted by atomic mass is 10.3. The molecule has 1 rings (SSSR count). The van der Waals surface area contributed by atoms with E-state index in [-0.39, 0.29) is 18.1 Å². The van der Waals surface area contributed by atoms with E-state index >= 15 is 0 Å². The molecule has 0 saturated heterocycles. The smallest absolute Gasteiger partial charge is 0.232 e. The molecule has 0 aliphatic carbocycles. The number of benzene rings is 1. The zero-order chi connectivity index (χ0) is 12.3. The van der Waals surface area contributed by atoms with Crippen LogP contribution in [0.25, 0.3) is 0 Å². The highest BCUT2D eigenvalue weighted by Crippen LogP contribution is 2.17. The van der Waals surface area contributed by atoms with Crippen LogP contribution in [0.15, 0.2) is 24.3 Å². The Morgan fingerprint density at radius 1 is 1.44 bits per heavy atom. The van der Waals surface area contributed by atoms with Crippen LogP contribution in [0.5, 0.6) is 0 Å². The van der Waals surface area contributed by atoms with Gasteiger partial charge in [-0.05, 0) is 24.3 Å². The number of hydrogen-bond donors (Lipinski definition) is 2. The summed E-state index contributed by atoms with van der Waals surface area (Å²) in [6.45, 7) is -0.246. The third-order valence-corrected chi connectivity index (χ3v) is 2.97. The van der Waals surface area contributed by atoms with Crippen LogP contribution in [0.4, 0.5) is 10.1 Å². The first-order valence-corrected chi connectivity index (χ1v) is 6.21. The summed E-state index contributed by atoms with van der Waals surface area (Å²) < 4.78 is 36.5. The van der Waals surface area contributed by atoms with Crippen molar-refractivity contribution >= 4 is 21.5 Å². The van der Waals surface area contributed by atoms with E-state index in [0.717, 1.165) is 22.7 Å². The van der Waals surface area contributed by atoms with Crippen LogP contribution in [-0.2, 0) is 10.0 Å². The lowest BCUT2D eigenvalue weighted by molar-refractivity contribution is 0.598. The molecule has 0 unspecified atom stereocenters. The lowest BCUT2D eigenvalue weighted by Crippen LogP contribution is -2.37. The summed E-state index contributed by atoms with van der Waals surface area (Å²) in [5.41, 5.74) is 5.44. The lowest BCUT2D eigenvalue weighted by Gasteiger charge is -2.21. The summed E-state index contributed by atoms with van der Waals surface area (Å²) >= 11 is 0. The summed E-state index contributed by atoms with van der Waals surface area (Å²) in [6, 6.07) is 4.93. The Kier molecular flexibility index (Phi) is 3.48. The van der Waals surface area contributed by atoms with E-state index in [1.165, 1.54) is 12.1 Å². The second kappa shape index (κ2) is 4.48. The van der Waals surface area contributed by atoms with Crippen LogP contribution in [0.3, 0.4) is 0 Å². The van der Waals surface area contributed by atoms with Crippen molar-refractivity contribution in [1.29, 1.82) is 5.41 Å². The van der Waals surface area contributed by atoms with Crippen LogP contribution < -0.4 is 10.0 Å². The van der Waals surface area contributed by atoms with E-state index in [4.69, 9.17) is 11.1 Å². The van der Waals surface area contributed by atoms with Crippen LogP contribution in [0, 0.1) is 11.2 Å². The fourth-order valence-corrected chi connectivity index (χ4v) is 2.04. The highest BCUT2D eigenvalue weighted by Gasteiger charge is 2.17. The van der Waals surface area contributed by atoms with Crippen molar-refractivity contribution in [3.05, 3.63) is 30.1 Å². The number of hydrogen-bond acceptors (Lipinski definition) is 3. The molecule has 0 aliphatic heterocycles. The Labute approximate surface area is 93.2 Å². The van der Waals surface area contributed by atoms with Gasteiger partial charge in [-0.25, -0.2) is 12.8 Å². The largest absolute Gasteiger partial charge is 0.386 e. The fourth-order valence-electron chi connectivity index (χ4n) is 1.16. The van der Waals surface area contributed by atoms with Crippen molar-refractivity contribution in [2.45, 2.75) is 0 Å². The number of halogens is 1. The minimum absolute atomic E-state index is 0.246. The third kappa shape index (κ3) is 3.20. The molecule has 3 N–H and O–H groups in total. The van der Waals surface area contributed by atoms with Crippen molar-refractivity contribution < 1.29 is 12.8 Å². The predicted octanol–water partition coefficient (Wildman–Crippen LogP) is 0.528. The molecule has 0 amide bonds. The standard InChI is InChI=1S/C9H12FN3O2S/c1-16(14,15)13(6-9(11)12)8-4-2-7(10)3-5-8/h2-5H,6H2,1H3,(H3,11,12). The number of nitrogens with one attached hydrogen (secondary N) is 1. The van der Waals surface area contributed by atoms with E-state index in [2.05, 4.69) is 0 Å². The van der Waals surface area contributed by atoms with E-state index < -0.39 is 15.8 Å². The number of anilines is 1. The molecule has 0 bridgehead atoms. The Morgan fingerprint density at radius 2 is 1.94 bits per heavy atom. The van der Waals surface area contributed by atoms with E-state index in [0.29, 0.717) is 0 Å². The van der Waals surface area contributed by atoms with E-state index in [9.17, 15) is 12.8 Å². The quantitative estimate of drug-likeness (QED) is 0.599. The van der Waals surface area contributed by atoms with Crippen molar-refractivity contribution in [3.8, 4) is 0 Å². The highest BCUT2D eigenvalue weighted by atomic mass is 32.2. The van der Waals surface area contributed by atoms with Gasteiger partial charge in [0.1, 0.15) is 11.7 Å². The van der Waals surface area contributed by atoms with Crippen molar-refractivity contribution in [1.82, 2.24) is 0 Å². The SMILES string of the molecule is CS(=O)(=O)N(CC(=N)N)c1ccc(F)cc1. The topological polar surface area (TPSA) is 87.2 Å². The molecule has 0 aromatic heterocycles. The molecule has 1 aromatic carbocycles. The molecule has 88 valence electrons. The number of amidine groups is 1. The van der Waals surface area contributed by atoms with Gasteiger partial charge >= 0.3 is 0 Å². The van der Waals surface area contributed by atoms with Crippen LogP contribution in [-0.4, -0.2) is 27.1 Å². The molecule has 0 radical (unpaired) electrons. The average molecular weight is 245 g/mol. The van der Waals surface area contributed by atoms with Gasteiger partial charge in [-0.2, -0.15) is 0 Å². The summed E-state index contributed by atoms with van der Waals surface area (Å²) in [4.78, 5) is 0. The first-order valence-electron chi connectivity index (χ1n) is 4.37. The van der Waals surface area contributed by atoms with Gasteiger partial charge in [0, 0.05) is 0 Å². The van der Waals surface area contributed by atoms with Gasteiger partial charge in [0.05, 0.1) is 18.5 Å². The van der Waals surface area contributed by atoms with Gasteiger partial charge in [-0.3, -0.25) is 9.71 Å². The molecule has 0 heterocycles. The van der Waals surface area contributed by atoms with Crippen LogP contribution >= 0.6 is 0 Å². The Hall–Kier alpha value is -1.63. The summed E-state index contributed by atoms with van der Waals surface area (Å²) in [6.07, 6.45) is 0.999. The Morgan fingerprint density at radius 3 is 2.31 bits per heavy atom. The predicted molar refractivity (Wildman–Crippen MR) is 60.5 cm³/mol. The van der Waals surface area contributed by atoms with Crippen LogP contribution in [0.1, 0.15) is 0 Å². The fraction of sp³-hybridized carbons (Fsp3) is 0.222. The molecule has 0 saturated carbocycles. The van der Waals surface area contributed by atoms with Gasteiger partial charge in [0.15, 0.2) is 0 Å². The summed E-state index contributed by atoms with van der Waals surface area (Å²) in [5, 5.41) is 7.09. The van der Waals surface area contributed by atoms with Gasteiger partial charge < -0.3 is 5.73 Å². The Bertz CT molecular complexity index is 484. The molecule has 0 spiro atoms. The second-order valence-corrected chi connectivity index (χ2v) is 5.18. The molecular formula is C9H12FN3O2S. The third-order valence-electron chi connectivity index (χ3n) is 1.83. The molecule has 5 nitrogen and oxygen atoms in total. The van der Waals surface area contributed by atoms with Crippen molar-refractivity contribution in [2.24, 2.45) is 5.73 Å². The number of rotatable bonds is 4. The normalized spacial score (nSPS) is 11.1. The second-order valence-electron chi connectivity index (χ2n) is 3.27. The van der Waals surface area contributed by atoms with E-state index in [1.54, 1.807) is 0 Å². The van der Waals surface area contributed by atoms with Gasteiger partial charge in [0.25, 0.3) is 0 Å². The number of nitrogens with zero attached hydrogens (tertiary/aromatic N) is 1. The first-order chi connectivity index (χ1) is 7.30. The maximum Gasteiger partial charge on any atom is 0.232 e. The minimum Gasteiger partial charge on any atom is -0.386 e. The molecule has 1 aromatic rings. The zero-order valence-electron chi connectivity index (χ0n) is 8.64. The van der Waals surface area contributed by atoms with Crippen LogP contribution in [0.2, 0.25) is 0 Å². The number of sulfonamides is 1.